The van der Waals surface area contributed by atoms with Crippen LogP contribution in [0.3, 0.4) is 0 Å². The summed E-state index contributed by atoms with van der Waals surface area (Å²) in [6, 6.07) is 22.2. The Bertz CT molecular complexity index is 1240. The highest BCUT2D eigenvalue weighted by molar-refractivity contribution is 7.93. The predicted molar refractivity (Wildman–Crippen MR) is 127 cm³/mol. The fourth-order valence-corrected chi connectivity index (χ4v) is 5.01. The number of para-hydroxylation sites is 1. The lowest BCUT2D eigenvalue weighted by atomic mass is 10.2. The first-order valence-corrected chi connectivity index (χ1v) is 12.0. The third-order valence-corrected chi connectivity index (χ3v) is 6.91. The molecule has 4 rings (SSSR count). The van der Waals surface area contributed by atoms with Crippen molar-refractivity contribution in [2.24, 2.45) is 0 Å². The molecule has 1 aliphatic rings. The van der Waals surface area contributed by atoms with Gasteiger partial charge in [0.2, 0.25) is 10.0 Å². The summed E-state index contributed by atoms with van der Waals surface area (Å²) in [6.07, 6.45) is 0.594. The van der Waals surface area contributed by atoms with E-state index in [0.29, 0.717) is 41.3 Å². The van der Waals surface area contributed by atoms with Crippen molar-refractivity contribution in [1.82, 2.24) is 0 Å². The average molecular weight is 466 g/mol. The zero-order valence-electron chi connectivity index (χ0n) is 17.7. The molecule has 2 N–H and O–H groups in total. The third kappa shape index (κ3) is 5.69. The topological polar surface area (TPSA) is 105 Å². The van der Waals surface area contributed by atoms with Gasteiger partial charge in [0.05, 0.1) is 11.4 Å². The van der Waals surface area contributed by atoms with Crippen LogP contribution in [0.15, 0.2) is 78.9 Å². The van der Waals surface area contributed by atoms with Gasteiger partial charge in [-0.2, -0.15) is 0 Å². The van der Waals surface area contributed by atoms with Crippen LogP contribution in [0.1, 0.15) is 16.8 Å². The molecule has 0 bridgehead atoms. The van der Waals surface area contributed by atoms with Crippen LogP contribution in [-0.2, 0) is 14.8 Å². The summed E-state index contributed by atoms with van der Waals surface area (Å²) < 4.78 is 31.0. The molecule has 0 atom stereocenters. The van der Waals surface area contributed by atoms with Crippen LogP contribution in [0, 0.1) is 0 Å². The van der Waals surface area contributed by atoms with Crippen molar-refractivity contribution in [2.75, 3.05) is 33.8 Å². The normalized spacial score (nSPS) is 14.5. The second kappa shape index (κ2) is 9.74. The highest BCUT2D eigenvalue weighted by atomic mass is 32.2. The molecule has 1 fully saturated rings. The third-order valence-electron chi connectivity index (χ3n) is 5.04. The van der Waals surface area contributed by atoms with Gasteiger partial charge in [-0.15, -0.1) is 0 Å². The Balaban J connectivity index is 1.34. The lowest BCUT2D eigenvalue weighted by Crippen LogP contribution is -2.25. The quantitative estimate of drug-likeness (QED) is 0.556. The second-order valence-corrected chi connectivity index (χ2v) is 9.49. The van der Waals surface area contributed by atoms with Gasteiger partial charge < -0.3 is 15.4 Å². The van der Waals surface area contributed by atoms with E-state index in [0.717, 1.165) is 0 Å². The molecule has 2 amide bonds. The summed E-state index contributed by atoms with van der Waals surface area (Å²) in [5.74, 6) is -0.0622. The molecule has 33 heavy (non-hydrogen) atoms. The first-order valence-electron chi connectivity index (χ1n) is 10.4. The van der Waals surface area contributed by atoms with Gasteiger partial charge in [-0.25, -0.2) is 8.42 Å². The first kappa shape index (κ1) is 22.3. The molecular weight excluding hydrogens is 442 g/mol. The monoisotopic (exact) mass is 465 g/mol. The van der Waals surface area contributed by atoms with Crippen molar-refractivity contribution in [2.45, 2.75) is 6.42 Å². The SMILES string of the molecule is O=C(COc1cccc(NC(=O)c2ccc(N3CCCS3(=O)=O)cc2)c1)Nc1ccccc1. The Labute approximate surface area is 192 Å². The van der Waals surface area contributed by atoms with Crippen LogP contribution >= 0.6 is 0 Å². The van der Waals surface area contributed by atoms with Gasteiger partial charge in [0.15, 0.2) is 6.61 Å². The molecule has 1 saturated heterocycles. The van der Waals surface area contributed by atoms with E-state index < -0.39 is 10.0 Å². The Hall–Kier alpha value is -3.85. The number of sulfonamides is 1. The van der Waals surface area contributed by atoms with Crippen LogP contribution in [0.5, 0.6) is 5.75 Å². The molecule has 3 aromatic rings. The molecule has 0 aromatic heterocycles. The van der Waals surface area contributed by atoms with Gasteiger partial charge in [-0.05, 0) is 55.0 Å². The number of ether oxygens (including phenoxy) is 1. The number of benzene rings is 3. The zero-order chi connectivity index (χ0) is 23.3. The van der Waals surface area contributed by atoms with Crippen molar-refractivity contribution in [3.63, 3.8) is 0 Å². The van der Waals surface area contributed by atoms with Crippen LogP contribution in [0.25, 0.3) is 0 Å². The fraction of sp³-hybridized carbons (Fsp3) is 0.167. The van der Waals surface area contributed by atoms with Gasteiger partial charge in [0.1, 0.15) is 5.75 Å². The molecule has 3 aromatic carbocycles. The van der Waals surface area contributed by atoms with Crippen molar-refractivity contribution in [1.29, 1.82) is 0 Å². The molecule has 0 saturated carbocycles. The van der Waals surface area contributed by atoms with Gasteiger partial charge >= 0.3 is 0 Å². The van der Waals surface area contributed by atoms with Gasteiger partial charge in [-0.1, -0.05) is 24.3 Å². The second-order valence-electron chi connectivity index (χ2n) is 7.47. The van der Waals surface area contributed by atoms with E-state index in [2.05, 4.69) is 10.6 Å². The highest BCUT2D eigenvalue weighted by Gasteiger charge is 2.28. The number of hydrogen-bond donors (Lipinski definition) is 2. The van der Waals surface area contributed by atoms with Crippen molar-refractivity contribution in [3.05, 3.63) is 84.4 Å². The van der Waals surface area contributed by atoms with E-state index in [1.165, 1.54) is 4.31 Å². The predicted octanol–water partition coefficient (Wildman–Crippen LogP) is 3.50. The van der Waals surface area contributed by atoms with Gasteiger partial charge in [0, 0.05) is 29.5 Å². The lowest BCUT2D eigenvalue weighted by molar-refractivity contribution is -0.118. The number of rotatable bonds is 7. The smallest absolute Gasteiger partial charge is 0.262 e. The Kier molecular flexibility index (Phi) is 6.60. The number of anilines is 3. The van der Waals surface area contributed by atoms with Crippen molar-refractivity contribution < 1.29 is 22.7 Å². The standard InChI is InChI=1S/C24H23N3O5S/c28-23(25-19-6-2-1-3-7-19)17-32-22-9-4-8-20(16-22)26-24(29)18-10-12-21(13-11-18)27-14-5-15-33(27,30)31/h1-4,6-13,16H,5,14-15,17H2,(H,25,28)(H,26,29). The van der Waals surface area contributed by atoms with E-state index in [9.17, 15) is 18.0 Å². The molecule has 1 aliphatic heterocycles. The Morgan fingerprint density at radius 1 is 0.879 bits per heavy atom. The Morgan fingerprint density at radius 3 is 2.30 bits per heavy atom. The van der Waals surface area contributed by atoms with E-state index in [1.807, 2.05) is 18.2 Å². The summed E-state index contributed by atoms with van der Waals surface area (Å²) in [5.41, 5.74) is 2.13. The lowest BCUT2D eigenvalue weighted by Gasteiger charge is -2.17. The molecule has 0 aliphatic carbocycles. The van der Waals surface area contributed by atoms with Crippen LogP contribution in [0.2, 0.25) is 0 Å². The van der Waals surface area contributed by atoms with E-state index in [4.69, 9.17) is 4.74 Å². The minimum atomic E-state index is -3.27. The van der Waals surface area contributed by atoms with Crippen molar-refractivity contribution in [3.8, 4) is 5.75 Å². The fourth-order valence-electron chi connectivity index (χ4n) is 3.44. The van der Waals surface area contributed by atoms with Crippen molar-refractivity contribution >= 4 is 38.9 Å². The molecule has 9 heteroatoms. The van der Waals surface area contributed by atoms with Crippen LogP contribution in [-0.4, -0.2) is 39.1 Å². The molecule has 1 heterocycles. The molecule has 0 spiro atoms. The molecule has 0 radical (unpaired) electrons. The molecular formula is C24H23N3O5S. The summed E-state index contributed by atoms with van der Waals surface area (Å²) in [6.45, 7) is 0.275. The number of carbonyl (C=O) groups excluding carboxylic acids is 2. The number of nitrogens with one attached hydrogen (secondary N) is 2. The van der Waals surface area contributed by atoms with Gasteiger partial charge in [-0.3, -0.25) is 13.9 Å². The first-order chi connectivity index (χ1) is 15.9. The number of amides is 2. The minimum Gasteiger partial charge on any atom is -0.484 e. The van der Waals surface area contributed by atoms with Gasteiger partial charge in [0.25, 0.3) is 11.8 Å². The maximum Gasteiger partial charge on any atom is 0.262 e. The number of nitrogens with zero attached hydrogens (tertiary/aromatic N) is 1. The molecule has 0 unspecified atom stereocenters. The van der Waals surface area contributed by atoms with Crippen LogP contribution < -0.4 is 19.7 Å². The minimum absolute atomic E-state index is 0.140. The summed E-state index contributed by atoms with van der Waals surface area (Å²) in [5, 5.41) is 5.52. The summed E-state index contributed by atoms with van der Waals surface area (Å²) >= 11 is 0. The summed E-state index contributed by atoms with van der Waals surface area (Å²) in [7, 11) is -3.27. The van der Waals surface area contributed by atoms with E-state index in [-0.39, 0.29) is 24.2 Å². The van der Waals surface area contributed by atoms with E-state index >= 15 is 0 Å². The van der Waals surface area contributed by atoms with E-state index in [1.54, 1.807) is 60.7 Å². The highest BCUT2D eigenvalue weighted by Crippen LogP contribution is 2.25. The van der Waals surface area contributed by atoms with Crippen LogP contribution in [0.4, 0.5) is 17.1 Å². The number of hydrogen-bond acceptors (Lipinski definition) is 5. The molecule has 170 valence electrons. The number of carbonyl (C=O) groups is 2. The maximum absolute atomic E-state index is 12.6. The Morgan fingerprint density at radius 2 is 1.61 bits per heavy atom. The molecule has 8 nitrogen and oxygen atoms in total. The summed E-state index contributed by atoms with van der Waals surface area (Å²) in [4.78, 5) is 24.7. The zero-order valence-corrected chi connectivity index (χ0v) is 18.5. The largest absolute Gasteiger partial charge is 0.484 e. The average Bonchev–Trinajstić information content (AvgIpc) is 3.17. The maximum atomic E-state index is 12.6.